The van der Waals surface area contributed by atoms with Gasteiger partial charge in [0.25, 0.3) is 0 Å². The fourth-order valence-corrected chi connectivity index (χ4v) is 1.14. The maximum atomic E-state index is 5.63. The molecule has 0 atom stereocenters. The van der Waals surface area contributed by atoms with Crippen molar-refractivity contribution in [1.29, 1.82) is 0 Å². The number of nitrogens with two attached hydrogens (primary N) is 1. The molecule has 0 aliphatic carbocycles. The summed E-state index contributed by atoms with van der Waals surface area (Å²) in [6, 6.07) is 0. The van der Waals surface area contributed by atoms with E-state index >= 15 is 0 Å². The van der Waals surface area contributed by atoms with Crippen LogP contribution < -0.4 is 5.73 Å². The third-order valence-electron chi connectivity index (χ3n) is 1.48. The average molecular weight is 287 g/mol. The van der Waals surface area contributed by atoms with E-state index in [1.807, 2.05) is 0 Å². The van der Waals surface area contributed by atoms with Gasteiger partial charge in [-0.3, -0.25) is 0 Å². The Morgan fingerprint density at radius 2 is 2.23 bits per heavy atom. The SMILES string of the molecule is Nc1nc(-c2ncc[nH]2)ncc1I. The Balaban J connectivity index is 2.49. The lowest BCUT2D eigenvalue weighted by atomic mass is 10.5. The van der Waals surface area contributed by atoms with Crippen LogP contribution in [0.3, 0.4) is 0 Å². The van der Waals surface area contributed by atoms with Crippen molar-refractivity contribution in [1.82, 2.24) is 19.9 Å². The number of nitrogens with one attached hydrogen (secondary N) is 1. The van der Waals surface area contributed by atoms with E-state index in [0.717, 1.165) is 3.57 Å². The van der Waals surface area contributed by atoms with Crippen molar-refractivity contribution in [2.24, 2.45) is 0 Å². The Kier molecular flexibility index (Phi) is 2.13. The molecule has 0 fully saturated rings. The Morgan fingerprint density at radius 3 is 2.85 bits per heavy atom. The van der Waals surface area contributed by atoms with Crippen LogP contribution in [0.25, 0.3) is 11.6 Å². The molecule has 0 aromatic carbocycles. The van der Waals surface area contributed by atoms with Crippen LogP contribution >= 0.6 is 22.6 Å². The highest BCUT2D eigenvalue weighted by Gasteiger charge is 2.05. The van der Waals surface area contributed by atoms with Gasteiger partial charge in [-0.1, -0.05) is 0 Å². The summed E-state index contributed by atoms with van der Waals surface area (Å²) in [6.45, 7) is 0. The van der Waals surface area contributed by atoms with Gasteiger partial charge in [-0.25, -0.2) is 15.0 Å². The van der Waals surface area contributed by atoms with E-state index in [-0.39, 0.29) is 0 Å². The van der Waals surface area contributed by atoms with Crippen LogP contribution in [-0.2, 0) is 0 Å². The molecule has 0 bridgehead atoms. The first-order chi connectivity index (χ1) is 6.27. The van der Waals surface area contributed by atoms with Crippen molar-refractivity contribution < 1.29 is 0 Å². The maximum absolute atomic E-state index is 5.63. The summed E-state index contributed by atoms with van der Waals surface area (Å²) < 4.78 is 0.841. The largest absolute Gasteiger partial charge is 0.383 e. The van der Waals surface area contributed by atoms with Gasteiger partial charge >= 0.3 is 0 Å². The number of hydrogen-bond acceptors (Lipinski definition) is 4. The fraction of sp³-hybridized carbons (Fsp3) is 0. The number of hydrogen-bond donors (Lipinski definition) is 2. The van der Waals surface area contributed by atoms with E-state index in [0.29, 0.717) is 17.5 Å². The van der Waals surface area contributed by atoms with Gasteiger partial charge in [0.15, 0.2) is 11.6 Å². The molecule has 3 N–H and O–H groups in total. The minimum atomic E-state index is 0.474. The van der Waals surface area contributed by atoms with Crippen LogP contribution in [0, 0.1) is 3.57 Å². The normalized spacial score (nSPS) is 10.2. The maximum Gasteiger partial charge on any atom is 0.197 e. The van der Waals surface area contributed by atoms with E-state index in [1.54, 1.807) is 18.6 Å². The quantitative estimate of drug-likeness (QED) is 0.768. The number of H-pyrrole nitrogens is 1. The Hall–Kier alpha value is -1.18. The van der Waals surface area contributed by atoms with Crippen LogP contribution in [-0.4, -0.2) is 19.9 Å². The minimum Gasteiger partial charge on any atom is -0.383 e. The summed E-state index contributed by atoms with van der Waals surface area (Å²) in [5.74, 6) is 1.62. The molecular weight excluding hydrogens is 281 g/mol. The molecule has 0 aliphatic heterocycles. The number of nitrogens with zero attached hydrogens (tertiary/aromatic N) is 3. The molecule has 0 spiro atoms. The monoisotopic (exact) mass is 287 g/mol. The summed E-state index contributed by atoms with van der Waals surface area (Å²) in [5, 5.41) is 0. The minimum absolute atomic E-state index is 0.474. The van der Waals surface area contributed by atoms with Gasteiger partial charge in [0.05, 0.1) is 3.57 Å². The molecule has 0 aliphatic rings. The second-order valence-corrected chi connectivity index (χ2v) is 3.53. The zero-order valence-electron chi connectivity index (χ0n) is 6.53. The zero-order valence-corrected chi connectivity index (χ0v) is 8.69. The van der Waals surface area contributed by atoms with Crippen LogP contribution in [0.5, 0.6) is 0 Å². The predicted molar refractivity (Wildman–Crippen MR) is 56.7 cm³/mol. The molecule has 6 heteroatoms. The lowest BCUT2D eigenvalue weighted by Crippen LogP contribution is -1.98. The third-order valence-corrected chi connectivity index (χ3v) is 2.31. The van der Waals surface area contributed by atoms with Gasteiger partial charge in [0.2, 0.25) is 0 Å². The molecule has 66 valence electrons. The van der Waals surface area contributed by atoms with Gasteiger partial charge < -0.3 is 10.7 Å². The number of imidazole rings is 1. The first-order valence-electron chi connectivity index (χ1n) is 3.55. The highest BCUT2D eigenvalue weighted by Crippen LogP contribution is 2.14. The van der Waals surface area contributed by atoms with Crippen molar-refractivity contribution in [3.8, 4) is 11.6 Å². The molecule has 0 unspecified atom stereocenters. The van der Waals surface area contributed by atoms with Crippen molar-refractivity contribution in [2.45, 2.75) is 0 Å². The molecule has 0 amide bonds. The van der Waals surface area contributed by atoms with Crippen LogP contribution in [0.1, 0.15) is 0 Å². The van der Waals surface area contributed by atoms with Crippen molar-refractivity contribution in [2.75, 3.05) is 5.73 Å². The molecule has 0 saturated carbocycles. The summed E-state index contributed by atoms with van der Waals surface area (Å²) in [4.78, 5) is 15.1. The average Bonchev–Trinajstić information content (AvgIpc) is 2.62. The Labute approximate surface area is 88.0 Å². The smallest absolute Gasteiger partial charge is 0.197 e. The molecule has 2 aromatic rings. The molecule has 2 rings (SSSR count). The van der Waals surface area contributed by atoms with E-state index in [1.165, 1.54) is 0 Å². The van der Waals surface area contributed by atoms with Gasteiger partial charge in [-0.05, 0) is 22.6 Å². The number of rotatable bonds is 1. The lowest BCUT2D eigenvalue weighted by Gasteiger charge is -1.98. The number of aromatic amines is 1. The second kappa shape index (κ2) is 3.29. The number of aromatic nitrogens is 4. The molecule has 2 heterocycles. The standard InChI is InChI=1S/C7H6IN5/c8-4-3-12-7(13-5(4)9)6-10-1-2-11-6/h1-3H,(H,10,11)(H2,9,12,13). The van der Waals surface area contributed by atoms with Crippen LogP contribution in [0.15, 0.2) is 18.6 Å². The van der Waals surface area contributed by atoms with Gasteiger partial charge in [0, 0.05) is 18.6 Å². The molecule has 0 radical (unpaired) electrons. The summed E-state index contributed by atoms with van der Waals surface area (Å²) in [6.07, 6.45) is 5.03. The Morgan fingerprint density at radius 1 is 1.38 bits per heavy atom. The third kappa shape index (κ3) is 1.62. The van der Waals surface area contributed by atoms with Gasteiger partial charge in [0.1, 0.15) is 5.82 Å². The summed E-state index contributed by atoms with van der Waals surface area (Å²) in [5.41, 5.74) is 5.63. The summed E-state index contributed by atoms with van der Waals surface area (Å²) >= 11 is 2.08. The second-order valence-electron chi connectivity index (χ2n) is 2.36. The van der Waals surface area contributed by atoms with Crippen LogP contribution in [0.4, 0.5) is 5.82 Å². The predicted octanol–water partition coefficient (Wildman–Crippen LogP) is 1.05. The van der Waals surface area contributed by atoms with Gasteiger partial charge in [-0.15, -0.1) is 0 Å². The first-order valence-corrected chi connectivity index (χ1v) is 4.63. The van der Waals surface area contributed by atoms with Crippen molar-refractivity contribution >= 4 is 28.4 Å². The topological polar surface area (TPSA) is 80.5 Å². The molecular formula is C7H6IN5. The van der Waals surface area contributed by atoms with Gasteiger partial charge in [-0.2, -0.15) is 0 Å². The van der Waals surface area contributed by atoms with Crippen molar-refractivity contribution in [3.05, 3.63) is 22.2 Å². The molecule has 13 heavy (non-hydrogen) atoms. The zero-order chi connectivity index (χ0) is 9.26. The molecule has 0 saturated heterocycles. The molecule has 5 nitrogen and oxygen atoms in total. The number of nitrogen functional groups attached to an aromatic ring is 1. The summed E-state index contributed by atoms with van der Waals surface area (Å²) in [7, 11) is 0. The lowest BCUT2D eigenvalue weighted by molar-refractivity contribution is 1.12. The highest BCUT2D eigenvalue weighted by molar-refractivity contribution is 14.1. The van der Waals surface area contributed by atoms with E-state index in [9.17, 15) is 0 Å². The highest BCUT2D eigenvalue weighted by atomic mass is 127. The fourth-order valence-electron chi connectivity index (χ4n) is 0.882. The number of halogens is 1. The van der Waals surface area contributed by atoms with Crippen LogP contribution in [0.2, 0.25) is 0 Å². The van der Waals surface area contributed by atoms with E-state index in [4.69, 9.17) is 5.73 Å². The van der Waals surface area contributed by atoms with Crippen molar-refractivity contribution in [3.63, 3.8) is 0 Å². The number of anilines is 1. The van der Waals surface area contributed by atoms with E-state index < -0.39 is 0 Å². The first kappa shape index (κ1) is 8.42. The Bertz CT molecular complexity index is 411. The van der Waals surface area contributed by atoms with E-state index in [2.05, 4.69) is 42.5 Å². The molecule has 2 aromatic heterocycles.